The number of aliphatic hydroxyl groups is 1. The summed E-state index contributed by atoms with van der Waals surface area (Å²) >= 11 is 0. The van der Waals surface area contributed by atoms with Crippen molar-refractivity contribution in [3.63, 3.8) is 0 Å². The van der Waals surface area contributed by atoms with Crippen molar-refractivity contribution in [2.24, 2.45) is 0 Å². The van der Waals surface area contributed by atoms with Crippen LogP contribution in [0.2, 0.25) is 0 Å². The molecule has 2 atom stereocenters. The van der Waals surface area contributed by atoms with E-state index >= 15 is 0 Å². The number of sulfonamides is 1. The molecule has 1 aliphatic heterocycles. The highest BCUT2D eigenvalue weighted by Gasteiger charge is 2.37. The molecule has 10 nitrogen and oxygen atoms in total. The molecular formula is C20H31N5O5S. The predicted octanol–water partition coefficient (Wildman–Crippen LogP) is 1.52. The fourth-order valence-corrected chi connectivity index (χ4v) is 5.04. The smallest absolute Gasteiger partial charge is 0.328 e. The van der Waals surface area contributed by atoms with Gasteiger partial charge in [-0.3, -0.25) is 0 Å². The number of allylic oxidation sites excluding steroid dienone is 1. The molecule has 2 aliphatic rings. The summed E-state index contributed by atoms with van der Waals surface area (Å²) in [5.74, 6) is -0.214. The van der Waals surface area contributed by atoms with E-state index in [4.69, 9.17) is 5.11 Å². The number of hydrogen-bond donors (Lipinski definition) is 4. The van der Waals surface area contributed by atoms with Crippen molar-refractivity contribution in [3.05, 3.63) is 17.8 Å². The molecule has 4 N–H and O–H groups in total. The van der Waals surface area contributed by atoms with Crippen LogP contribution in [0.5, 0.6) is 0 Å². The van der Waals surface area contributed by atoms with Crippen molar-refractivity contribution in [1.29, 1.82) is 0 Å². The second kappa shape index (κ2) is 9.09. The largest absolute Gasteiger partial charge is 0.478 e. The van der Waals surface area contributed by atoms with Gasteiger partial charge in [0.15, 0.2) is 0 Å². The number of nitrogens with one attached hydrogen (secondary N) is 2. The Hall–Kier alpha value is -2.24. The van der Waals surface area contributed by atoms with E-state index < -0.39 is 21.6 Å². The van der Waals surface area contributed by atoms with Crippen molar-refractivity contribution in [2.75, 3.05) is 30.0 Å². The van der Waals surface area contributed by atoms with E-state index in [1.807, 2.05) is 0 Å². The zero-order valence-corrected chi connectivity index (χ0v) is 18.9. The molecular weight excluding hydrogens is 422 g/mol. The van der Waals surface area contributed by atoms with Gasteiger partial charge in [-0.05, 0) is 51.5 Å². The van der Waals surface area contributed by atoms with Crippen LogP contribution in [0, 0.1) is 0 Å². The molecule has 11 heteroatoms. The zero-order chi connectivity index (χ0) is 22.8. The van der Waals surface area contributed by atoms with Gasteiger partial charge in [0.1, 0.15) is 5.82 Å². The highest BCUT2D eigenvalue weighted by Crippen LogP contribution is 2.33. The molecule has 0 spiro atoms. The number of anilines is 2. The third-order valence-electron chi connectivity index (χ3n) is 6.05. The maximum Gasteiger partial charge on any atom is 0.328 e. The number of rotatable bonds is 7. The van der Waals surface area contributed by atoms with E-state index in [0.29, 0.717) is 55.3 Å². The third-order valence-corrected chi connectivity index (χ3v) is 7.35. The van der Waals surface area contributed by atoms with E-state index in [0.717, 1.165) is 18.9 Å². The van der Waals surface area contributed by atoms with Crippen molar-refractivity contribution < 1.29 is 23.4 Å². The van der Waals surface area contributed by atoms with Gasteiger partial charge in [-0.2, -0.15) is 4.98 Å². The minimum absolute atomic E-state index is 0.0296. The van der Waals surface area contributed by atoms with Gasteiger partial charge in [-0.15, -0.1) is 0 Å². The van der Waals surface area contributed by atoms with Crippen LogP contribution >= 0.6 is 0 Å². The fourth-order valence-electron chi connectivity index (χ4n) is 4.17. The molecule has 0 unspecified atom stereocenters. The molecule has 1 aromatic heterocycles. The quantitative estimate of drug-likeness (QED) is 0.451. The lowest BCUT2D eigenvalue weighted by Gasteiger charge is -2.31. The predicted molar refractivity (Wildman–Crippen MR) is 118 cm³/mol. The Kier molecular flexibility index (Phi) is 6.87. The summed E-state index contributed by atoms with van der Waals surface area (Å²) in [7, 11) is -3.19. The van der Waals surface area contributed by atoms with E-state index in [1.165, 1.54) is 10.6 Å². The highest BCUT2D eigenvalue weighted by molar-refractivity contribution is 7.88. The van der Waals surface area contributed by atoms with Crippen LogP contribution in [-0.2, 0) is 14.8 Å². The van der Waals surface area contributed by atoms with Crippen LogP contribution in [0.1, 0.15) is 51.5 Å². The first-order valence-corrected chi connectivity index (χ1v) is 12.3. The minimum atomic E-state index is -3.19. The van der Waals surface area contributed by atoms with Crippen molar-refractivity contribution in [2.45, 2.75) is 63.6 Å². The van der Waals surface area contributed by atoms with Gasteiger partial charge in [0, 0.05) is 37.0 Å². The van der Waals surface area contributed by atoms with Gasteiger partial charge in [-0.1, -0.05) is 0 Å². The number of carbonyl (C=O) groups is 1. The molecule has 2 fully saturated rings. The Morgan fingerprint density at radius 2 is 1.97 bits per heavy atom. The molecule has 1 saturated heterocycles. The molecule has 31 heavy (non-hydrogen) atoms. The van der Waals surface area contributed by atoms with Gasteiger partial charge < -0.3 is 20.8 Å². The monoisotopic (exact) mass is 453 g/mol. The first kappa shape index (κ1) is 23.4. The van der Waals surface area contributed by atoms with Crippen molar-refractivity contribution in [1.82, 2.24) is 14.3 Å². The van der Waals surface area contributed by atoms with Crippen LogP contribution in [0.15, 0.2) is 12.3 Å². The van der Waals surface area contributed by atoms with E-state index in [-0.39, 0.29) is 12.1 Å². The SMILES string of the molecule is C/C(=C\C(=O)O)c1cnc(NC2CCN(S(C)(=O)=O)CC2)nc1N[C@@H]1CCC[C@@]1(C)O. The molecule has 1 saturated carbocycles. The van der Waals surface area contributed by atoms with Crippen molar-refractivity contribution >= 4 is 33.3 Å². The van der Waals surface area contributed by atoms with E-state index in [9.17, 15) is 18.3 Å². The number of nitrogens with zero attached hydrogens (tertiary/aromatic N) is 3. The van der Waals surface area contributed by atoms with Gasteiger partial charge >= 0.3 is 5.97 Å². The Morgan fingerprint density at radius 1 is 1.29 bits per heavy atom. The number of hydrogen-bond acceptors (Lipinski definition) is 8. The Bertz CT molecular complexity index is 955. The molecule has 1 aromatic rings. The summed E-state index contributed by atoms with van der Waals surface area (Å²) in [6, 6.07) is -0.174. The number of carboxylic acids is 1. The second-order valence-electron chi connectivity index (χ2n) is 8.65. The minimum Gasteiger partial charge on any atom is -0.478 e. The summed E-state index contributed by atoms with van der Waals surface area (Å²) in [4.78, 5) is 20.1. The topological polar surface area (TPSA) is 145 Å². The van der Waals surface area contributed by atoms with Gasteiger partial charge in [0.2, 0.25) is 16.0 Å². The van der Waals surface area contributed by atoms with Gasteiger partial charge in [0.05, 0.1) is 17.9 Å². The van der Waals surface area contributed by atoms with Crippen LogP contribution < -0.4 is 10.6 Å². The average Bonchev–Trinajstić information content (AvgIpc) is 2.99. The highest BCUT2D eigenvalue weighted by atomic mass is 32.2. The maximum absolute atomic E-state index is 11.7. The lowest BCUT2D eigenvalue weighted by atomic mass is 10.00. The van der Waals surface area contributed by atoms with Crippen LogP contribution in [0.25, 0.3) is 5.57 Å². The molecule has 0 radical (unpaired) electrons. The Morgan fingerprint density at radius 3 is 2.52 bits per heavy atom. The molecule has 3 rings (SSSR count). The summed E-state index contributed by atoms with van der Waals surface area (Å²) < 4.78 is 24.9. The van der Waals surface area contributed by atoms with E-state index in [2.05, 4.69) is 20.6 Å². The number of aliphatic carboxylic acids is 1. The zero-order valence-electron chi connectivity index (χ0n) is 18.1. The Balaban J connectivity index is 1.80. The lowest BCUT2D eigenvalue weighted by Crippen LogP contribution is -2.42. The first-order valence-electron chi connectivity index (χ1n) is 10.4. The first-order chi connectivity index (χ1) is 14.5. The summed E-state index contributed by atoms with van der Waals surface area (Å²) in [5.41, 5.74) is 0.182. The molecule has 0 aromatic carbocycles. The third kappa shape index (κ3) is 5.92. The van der Waals surface area contributed by atoms with E-state index in [1.54, 1.807) is 20.0 Å². The number of piperidine rings is 1. The van der Waals surface area contributed by atoms with Crippen molar-refractivity contribution in [3.8, 4) is 0 Å². The standard InChI is InChI=1S/C20H31N5O5S/c1-13(11-17(26)27)15-12-21-19(22-14-6-9-25(10-7-14)31(3,29)30)24-18(15)23-16-5-4-8-20(16,2)28/h11-12,14,16,28H,4-10H2,1-3H3,(H,26,27)(H2,21,22,23,24)/b13-11+/t16-,20-/m1/s1. The van der Waals surface area contributed by atoms with Crippen LogP contribution in [-0.4, -0.2) is 75.9 Å². The van der Waals surface area contributed by atoms with Crippen LogP contribution in [0.3, 0.4) is 0 Å². The summed E-state index contributed by atoms with van der Waals surface area (Å²) in [5, 5.41) is 26.3. The number of carboxylic acid groups (broad SMARTS) is 1. The Labute approximate surface area is 182 Å². The normalized spacial score (nSPS) is 26.1. The van der Waals surface area contributed by atoms with Crippen LogP contribution in [0.4, 0.5) is 11.8 Å². The molecule has 0 amide bonds. The maximum atomic E-state index is 11.7. The fraction of sp³-hybridized carbons (Fsp3) is 0.650. The summed E-state index contributed by atoms with van der Waals surface area (Å²) in [6.45, 7) is 4.34. The molecule has 1 aliphatic carbocycles. The number of aromatic nitrogens is 2. The lowest BCUT2D eigenvalue weighted by molar-refractivity contribution is -0.131. The molecule has 2 heterocycles. The van der Waals surface area contributed by atoms with Gasteiger partial charge in [-0.25, -0.2) is 22.5 Å². The summed E-state index contributed by atoms with van der Waals surface area (Å²) in [6.07, 6.45) is 7.51. The molecule has 0 bridgehead atoms. The average molecular weight is 454 g/mol. The second-order valence-corrected chi connectivity index (χ2v) is 10.6. The molecule has 172 valence electrons. The van der Waals surface area contributed by atoms with Gasteiger partial charge in [0.25, 0.3) is 0 Å².